The number of anilines is 1. The molecule has 186 valence electrons. The van der Waals surface area contributed by atoms with E-state index in [1.54, 1.807) is 36.4 Å². The van der Waals surface area contributed by atoms with Crippen LogP contribution in [0.2, 0.25) is 0 Å². The molecule has 0 radical (unpaired) electrons. The van der Waals surface area contributed by atoms with Crippen molar-refractivity contribution in [2.75, 3.05) is 44.2 Å². The SMILES string of the molecule is CN(c1ccc(Br)cc1)S(=O)(=O)c1ccc2c(c1)C(=O)C(C(=O)CCCCN1CCOCC1)=CC2. The molecule has 4 rings (SSSR count). The van der Waals surface area contributed by atoms with Gasteiger partial charge in [0.15, 0.2) is 11.6 Å². The van der Waals surface area contributed by atoms with Crippen molar-refractivity contribution < 1.29 is 22.7 Å². The summed E-state index contributed by atoms with van der Waals surface area (Å²) >= 11 is 3.35. The van der Waals surface area contributed by atoms with Crippen LogP contribution in [0.25, 0.3) is 0 Å². The summed E-state index contributed by atoms with van der Waals surface area (Å²) in [5.74, 6) is -0.573. The lowest BCUT2D eigenvalue weighted by Crippen LogP contribution is -2.36. The zero-order chi connectivity index (χ0) is 25.0. The molecule has 9 heteroatoms. The van der Waals surface area contributed by atoms with Crippen LogP contribution in [0.5, 0.6) is 0 Å². The number of Topliss-reactive ketones (excluding diaryl/α,β-unsaturated/α-hetero) is 2. The molecule has 7 nitrogen and oxygen atoms in total. The molecule has 0 amide bonds. The molecule has 0 spiro atoms. The Hall–Kier alpha value is -2.33. The minimum Gasteiger partial charge on any atom is -0.379 e. The summed E-state index contributed by atoms with van der Waals surface area (Å²) < 4.78 is 33.9. The van der Waals surface area contributed by atoms with E-state index in [9.17, 15) is 18.0 Å². The number of ether oxygens (including phenoxy) is 1. The van der Waals surface area contributed by atoms with Gasteiger partial charge in [-0.15, -0.1) is 0 Å². The van der Waals surface area contributed by atoms with E-state index >= 15 is 0 Å². The van der Waals surface area contributed by atoms with Crippen molar-refractivity contribution in [3.05, 3.63) is 69.7 Å². The predicted octanol–water partition coefficient (Wildman–Crippen LogP) is 4.01. The van der Waals surface area contributed by atoms with Gasteiger partial charge in [0.1, 0.15) is 0 Å². The summed E-state index contributed by atoms with van der Waals surface area (Å²) in [4.78, 5) is 28.3. The monoisotopic (exact) mass is 560 g/mol. The molecule has 0 bridgehead atoms. The Bertz CT molecular complexity index is 1230. The van der Waals surface area contributed by atoms with E-state index in [2.05, 4.69) is 20.8 Å². The molecule has 1 heterocycles. The number of morpholine rings is 1. The summed E-state index contributed by atoms with van der Waals surface area (Å²) in [6.45, 7) is 4.24. The Morgan fingerprint density at radius 2 is 1.80 bits per heavy atom. The Kier molecular flexibility index (Phi) is 8.21. The van der Waals surface area contributed by atoms with Gasteiger partial charge in [-0.2, -0.15) is 0 Å². The third kappa shape index (κ3) is 5.91. The van der Waals surface area contributed by atoms with E-state index in [0.29, 0.717) is 24.9 Å². The highest BCUT2D eigenvalue weighted by Crippen LogP contribution is 2.29. The number of ketones is 2. The lowest BCUT2D eigenvalue weighted by Gasteiger charge is -2.26. The second-order valence-corrected chi connectivity index (χ2v) is 11.6. The van der Waals surface area contributed by atoms with Gasteiger partial charge < -0.3 is 4.74 Å². The summed E-state index contributed by atoms with van der Waals surface area (Å²) in [6.07, 6.45) is 4.01. The maximum atomic E-state index is 13.2. The normalized spacial score (nSPS) is 16.5. The first-order chi connectivity index (χ1) is 16.8. The standard InChI is InChI=1S/C26H29BrN2O5S/c1-28(21-9-7-20(27)8-10-21)35(32,33)22-11-5-19-6-12-23(26(31)24(19)18-22)25(30)4-2-3-13-29-14-16-34-17-15-29/h5,7-12,18H,2-4,6,13-17H2,1H3. The fourth-order valence-corrected chi connectivity index (χ4v) is 5.81. The average molecular weight is 561 g/mol. The number of fused-ring (bicyclic) bond motifs is 1. The fraction of sp³-hybridized carbons (Fsp3) is 0.385. The van der Waals surface area contributed by atoms with Crippen LogP contribution in [0, 0.1) is 0 Å². The molecule has 1 aliphatic carbocycles. The van der Waals surface area contributed by atoms with E-state index in [1.165, 1.54) is 23.5 Å². The Morgan fingerprint density at radius 1 is 1.09 bits per heavy atom. The zero-order valence-electron chi connectivity index (χ0n) is 19.7. The van der Waals surface area contributed by atoms with Crippen molar-refractivity contribution >= 4 is 43.2 Å². The summed E-state index contributed by atoms with van der Waals surface area (Å²) in [7, 11) is -2.40. The zero-order valence-corrected chi connectivity index (χ0v) is 22.1. The molecule has 2 aromatic carbocycles. The van der Waals surface area contributed by atoms with Crippen LogP contribution in [-0.2, 0) is 26.0 Å². The number of halogens is 1. The molecule has 35 heavy (non-hydrogen) atoms. The predicted molar refractivity (Wildman–Crippen MR) is 138 cm³/mol. The topological polar surface area (TPSA) is 84.0 Å². The van der Waals surface area contributed by atoms with E-state index < -0.39 is 15.8 Å². The number of nitrogens with zero attached hydrogens (tertiary/aromatic N) is 2. The number of sulfonamides is 1. The molecule has 1 aliphatic heterocycles. The van der Waals surface area contributed by atoms with E-state index in [-0.39, 0.29) is 21.8 Å². The number of carbonyl (C=O) groups excluding carboxylic acids is 2. The first-order valence-electron chi connectivity index (χ1n) is 11.7. The Balaban J connectivity index is 1.43. The molecule has 0 atom stereocenters. The number of hydrogen-bond donors (Lipinski definition) is 0. The van der Waals surface area contributed by atoms with Crippen LogP contribution in [0.3, 0.4) is 0 Å². The fourth-order valence-electron chi connectivity index (χ4n) is 4.32. The Morgan fingerprint density at radius 3 is 2.51 bits per heavy atom. The minimum atomic E-state index is -3.88. The van der Waals surface area contributed by atoms with Gasteiger partial charge in [0.2, 0.25) is 0 Å². The molecular weight excluding hydrogens is 532 g/mol. The molecule has 2 aliphatic rings. The molecule has 1 fully saturated rings. The van der Waals surface area contributed by atoms with E-state index in [4.69, 9.17) is 4.74 Å². The highest BCUT2D eigenvalue weighted by Gasteiger charge is 2.28. The van der Waals surface area contributed by atoms with Crippen molar-refractivity contribution in [1.29, 1.82) is 0 Å². The summed E-state index contributed by atoms with van der Waals surface area (Å²) in [6, 6.07) is 11.5. The molecule has 0 aromatic heterocycles. The number of carbonyl (C=O) groups is 2. The van der Waals surface area contributed by atoms with Crippen molar-refractivity contribution in [2.45, 2.75) is 30.6 Å². The first-order valence-corrected chi connectivity index (χ1v) is 14.0. The van der Waals surface area contributed by atoms with E-state index in [1.807, 2.05) is 0 Å². The van der Waals surface area contributed by atoms with Crippen molar-refractivity contribution in [2.24, 2.45) is 0 Å². The van der Waals surface area contributed by atoms with Crippen molar-refractivity contribution in [3.63, 3.8) is 0 Å². The third-order valence-corrected chi connectivity index (χ3v) is 8.79. The van der Waals surface area contributed by atoms with Gasteiger partial charge in [-0.05, 0) is 67.8 Å². The summed E-state index contributed by atoms with van der Waals surface area (Å²) in [5, 5.41) is 0. The van der Waals surface area contributed by atoms with Gasteiger partial charge in [0.05, 0.1) is 29.4 Å². The van der Waals surface area contributed by atoms with Crippen LogP contribution in [0.15, 0.2) is 63.5 Å². The van der Waals surface area contributed by atoms with Gasteiger partial charge in [-0.25, -0.2) is 8.42 Å². The van der Waals surface area contributed by atoms with Crippen molar-refractivity contribution in [3.8, 4) is 0 Å². The Labute approximate surface area is 214 Å². The second-order valence-electron chi connectivity index (χ2n) is 8.75. The summed E-state index contributed by atoms with van der Waals surface area (Å²) in [5.41, 5.74) is 1.68. The number of unbranched alkanes of at least 4 members (excludes halogenated alkanes) is 1. The largest absolute Gasteiger partial charge is 0.379 e. The number of rotatable bonds is 9. The maximum absolute atomic E-state index is 13.2. The van der Waals surface area contributed by atoms with Crippen LogP contribution < -0.4 is 4.31 Å². The van der Waals surface area contributed by atoms with Gasteiger partial charge >= 0.3 is 0 Å². The van der Waals surface area contributed by atoms with Crippen LogP contribution in [0.4, 0.5) is 5.69 Å². The quantitative estimate of drug-likeness (QED) is 0.340. The molecule has 0 unspecified atom stereocenters. The molecule has 1 saturated heterocycles. The highest BCUT2D eigenvalue weighted by atomic mass is 79.9. The average Bonchev–Trinajstić information content (AvgIpc) is 2.87. The maximum Gasteiger partial charge on any atom is 0.264 e. The molecule has 0 saturated carbocycles. The van der Waals surface area contributed by atoms with Gasteiger partial charge in [0, 0.05) is 36.6 Å². The van der Waals surface area contributed by atoms with Crippen molar-refractivity contribution in [1.82, 2.24) is 4.90 Å². The highest BCUT2D eigenvalue weighted by molar-refractivity contribution is 9.10. The first kappa shape index (κ1) is 25.8. The number of benzene rings is 2. The van der Waals surface area contributed by atoms with E-state index in [0.717, 1.165) is 49.3 Å². The van der Waals surface area contributed by atoms with Crippen LogP contribution in [-0.4, -0.2) is 64.8 Å². The molecule has 2 aromatic rings. The van der Waals surface area contributed by atoms with Crippen LogP contribution in [0.1, 0.15) is 35.2 Å². The van der Waals surface area contributed by atoms with Gasteiger partial charge in [-0.3, -0.25) is 18.8 Å². The smallest absolute Gasteiger partial charge is 0.264 e. The third-order valence-electron chi connectivity index (χ3n) is 6.48. The van der Waals surface area contributed by atoms with Gasteiger partial charge in [-0.1, -0.05) is 28.1 Å². The lowest BCUT2D eigenvalue weighted by molar-refractivity contribution is -0.115. The van der Waals surface area contributed by atoms with Gasteiger partial charge in [0.25, 0.3) is 10.0 Å². The molecule has 0 N–H and O–H groups in total. The lowest BCUT2D eigenvalue weighted by atomic mass is 9.87. The second kappa shape index (κ2) is 11.2. The number of hydrogen-bond acceptors (Lipinski definition) is 6. The minimum absolute atomic E-state index is 0.0224. The van der Waals surface area contributed by atoms with Crippen LogP contribution >= 0.6 is 15.9 Å². The number of allylic oxidation sites excluding steroid dienone is 2. The molecular formula is C26H29BrN2O5S.